The highest BCUT2D eigenvalue weighted by Crippen LogP contribution is 2.31. The Kier molecular flexibility index (Phi) is 6.13. The quantitative estimate of drug-likeness (QED) is 0.375. The molecule has 1 aromatic heterocycles. The third-order valence-electron chi connectivity index (χ3n) is 4.09. The molecule has 9 heteroatoms. The number of nitrogens with zero attached hydrogens (tertiary/aromatic N) is 2. The Bertz CT molecular complexity index is 1060. The summed E-state index contributed by atoms with van der Waals surface area (Å²) in [5.74, 6) is 0.359. The molecule has 150 valence electrons. The van der Waals surface area contributed by atoms with E-state index >= 15 is 0 Å². The fourth-order valence-electron chi connectivity index (χ4n) is 2.62. The summed E-state index contributed by atoms with van der Waals surface area (Å²) in [6, 6.07) is 9.43. The minimum atomic E-state index is -0.549. The smallest absolute Gasteiger partial charge is 0.338 e. The molecule has 0 aliphatic rings. The zero-order valence-electron chi connectivity index (χ0n) is 15.5. The Morgan fingerprint density at radius 2 is 2.07 bits per heavy atom. The summed E-state index contributed by atoms with van der Waals surface area (Å²) in [6.07, 6.45) is 3.05. The number of hydrogen-bond acceptors (Lipinski definition) is 6. The zero-order chi connectivity index (χ0) is 21.0. The molecule has 3 rings (SSSR count). The maximum atomic E-state index is 14.0. The molecule has 0 aliphatic heterocycles. The SMILES string of the molecule is COc1ccc(C=Cc2onc(C)c2[N+](=O)[O-])cc1OCc1c(F)cccc1Cl. The summed E-state index contributed by atoms with van der Waals surface area (Å²) in [5, 5.41) is 15.0. The third-order valence-corrected chi connectivity index (χ3v) is 4.44. The van der Waals surface area contributed by atoms with Crippen molar-refractivity contribution >= 4 is 29.4 Å². The van der Waals surface area contributed by atoms with Gasteiger partial charge in [-0.3, -0.25) is 10.1 Å². The molecule has 29 heavy (non-hydrogen) atoms. The van der Waals surface area contributed by atoms with E-state index in [2.05, 4.69) is 5.16 Å². The van der Waals surface area contributed by atoms with Crippen LogP contribution in [0.4, 0.5) is 10.1 Å². The normalized spacial score (nSPS) is 11.0. The van der Waals surface area contributed by atoms with E-state index in [1.165, 1.54) is 32.2 Å². The second-order valence-electron chi connectivity index (χ2n) is 5.97. The molecule has 0 atom stereocenters. The number of benzene rings is 2. The molecule has 0 bridgehead atoms. The molecule has 0 saturated heterocycles. The highest BCUT2D eigenvalue weighted by Gasteiger charge is 2.22. The van der Waals surface area contributed by atoms with Crippen LogP contribution in [0.2, 0.25) is 5.02 Å². The molecule has 0 N–H and O–H groups in total. The van der Waals surface area contributed by atoms with Gasteiger partial charge in [-0.15, -0.1) is 0 Å². The first kappa shape index (κ1) is 20.3. The maximum Gasteiger partial charge on any atom is 0.338 e. The van der Waals surface area contributed by atoms with E-state index in [0.717, 1.165) is 0 Å². The number of halogens is 2. The van der Waals surface area contributed by atoms with Crippen molar-refractivity contribution in [2.75, 3.05) is 7.11 Å². The Morgan fingerprint density at radius 1 is 1.28 bits per heavy atom. The number of aryl methyl sites for hydroxylation is 1. The predicted octanol–water partition coefficient (Wildman–Crippen LogP) is 5.44. The zero-order valence-corrected chi connectivity index (χ0v) is 16.3. The monoisotopic (exact) mass is 418 g/mol. The minimum absolute atomic E-state index is 0.0314. The predicted molar refractivity (Wildman–Crippen MR) is 106 cm³/mol. The van der Waals surface area contributed by atoms with Gasteiger partial charge in [0.2, 0.25) is 5.76 Å². The van der Waals surface area contributed by atoms with Gasteiger partial charge in [0.25, 0.3) is 0 Å². The van der Waals surface area contributed by atoms with E-state index in [9.17, 15) is 14.5 Å². The van der Waals surface area contributed by atoms with Gasteiger partial charge in [-0.25, -0.2) is 4.39 Å². The molecule has 3 aromatic rings. The van der Waals surface area contributed by atoms with Crippen LogP contribution in [0.1, 0.15) is 22.6 Å². The summed E-state index contributed by atoms with van der Waals surface area (Å²) >= 11 is 6.03. The molecular weight excluding hydrogens is 403 g/mol. The lowest BCUT2D eigenvalue weighted by Crippen LogP contribution is -2.01. The lowest BCUT2D eigenvalue weighted by molar-refractivity contribution is -0.386. The van der Waals surface area contributed by atoms with E-state index in [4.69, 9.17) is 25.6 Å². The molecule has 0 amide bonds. The van der Waals surface area contributed by atoms with Gasteiger partial charge >= 0.3 is 5.69 Å². The topological polar surface area (TPSA) is 87.6 Å². The Hall–Kier alpha value is -3.39. The van der Waals surface area contributed by atoms with Crippen molar-refractivity contribution in [2.45, 2.75) is 13.5 Å². The maximum absolute atomic E-state index is 14.0. The fraction of sp³-hybridized carbons (Fsp3) is 0.150. The Morgan fingerprint density at radius 3 is 2.76 bits per heavy atom. The molecule has 7 nitrogen and oxygen atoms in total. The van der Waals surface area contributed by atoms with E-state index in [1.54, 1.807) is 30.3 Å². The van der Waals surface area contributed by atoms with Gasteiger partial charge in [-0.1, -0.05) is 35.0 Å². The fourth-order valence-corrected chi connectivity index (χ4v) is 2.83. The van der Waals surface area contributed by atoms with Gasteiger partial charge in [0.15, 0.2) is 17.2 Å². The standard InChI is InChI=1S/C20H16ClFN2O5/c1-12-20(24(25)26)18(29-23-12)9-7-13-6-8-17(27-2)19(10-13)28-11-14-15(21)4-3-5-16(14)22/h3-10H,11H2,1-2H3. The average molecular weight is 419 g/mol. The summed E-state index contributed by atoms with van der Waals surface area (Å²) in [6.45, 7) is 1.40. The van der Waals surface area contributed by atoms with E-state index in [-0.39, 0.29) is 34.3 Å². The summed E-state index contributed by atoms with van der Waals surface area (Å²) in [5.41, 5.74) is 0.879. The van der Waals surface area contributed by atoms with Gasteiger partial charge in [-0.2, -0.15) is 0 Å². The number of methoxy groups -OCH3 is 1. The van der Waals surface area contributed by atoms with Crippen molar-refractivity contribution in [2.24, 2.45) is 0 Å². The molecule has 0 fully saturated rings. The largest absolute Gasteiger partial charge is 0.493 e. The summed E-state index contributed by atoms with van der Waals surface area (Å²) < 4.78 is 29.9. The Balaban J connectivity index is 1.85. The summed E-state index contributed by atoms with van der Waals surface area (Å²) in [4.78, 5) is 10.6. The van der Waals surface area contributed by atoms with Crippen molar-refractivity contribution in [1.29, 1.82) is 0 Å². The number of hydrogen-bond donors (Lipinski definition) is 0. The first-order valence-corrected chi connectivity index (χ1v) is 8.81. The number of ether oxygens (including phenoxy) is 2. The molecule has 0 radical (unpaired) electrons. The van der Waals surface area contributed by atoms with Crippen molar-refractivity contribution in [3.05, 3.63) is 79.9 Å². The van der Waals surface area contributed by atoms with Gasteiger partial charge < -0.3 is 14.0 Å². The van der Waals surface area contributed by atoms with Gasteiger partial charge in [0.05, 0.1) is 17.1 Å². The van der Waals surface area contributed by atoms with E-state index in [0.29, 0.717) is 17.1 Å². The third kappa shape index (κ3) is 4.55. The van der Waals surface area contributed by atoms with Crippen LogP contribution >= 0.6 is 11.6 Å². The van der Waals surface area contributed by atoms with Crippen LogP contribution in [0, 0.1) is 22.9 Å². The lowest BCUT2D eigenvalue weighted by atomic mass is 10.1. The highest BCUT2D eigenvalue weighted by molar-refractivity contribution is 6.31. The molecule has 0 unspecified atom stereocenters. The second-order valence-corrected chi connectivity index (χ2v) is 6.38. The van der Waals surface area contributed by atoms with E-state index < -0.39 is 10.7 Å². The van der Waals surface area contributed by atoms with Crippen molar-refractivity contribution < 1.29 is 23.3 Å². The minimum Gasteiger partial charge on any atom is -0.493 e. The number of aromatic nitrogens is 1. The lowest BCUT2D eigenvalue weighted by Gasteiger charge is -2.12. The van der Waals surface area contributed by atoms with Gasteiger partial charge in [0.1, 0.15) is 12.4 Å². The second kappa shape index (κ2) is 8.74. The van der Waals surface area contributed by atoms with Gasteiger partial charge in [0, 0.05) is 5.56 Å². The van der Waals surface area contributed by atoms with Crippen LogP contribution < -0.4 is 9.47 Å². The van der Waals surface area contributed by atoms with Crippen LogP contribution in [0.3, 0.4) is 0 Å². The first-order chi connectivity index (χ1) is 13.9. The number of rotatable bonds is 7. The van der Waals surface area contributed by atoms with E-state index in [1.807, 2.05) is 0 Å². The van der Waals surface area contributed by atoms with Gasteiger partial charge in [-0.05, 0) is 42.8 Å². The molecule has 0 spiro atoms. The average Bonchev–Trinajstić information content (AvgIpc) is 3.06. The molecule has 0 saturated carbocycles. The van der Waals surface area contributed by atoms with Crippen LogP contribution in [-0.2, 0) is 6.61 Å². The highest BCUT2D eigenvalue weighted by atomic mass is 35.5. The molecule has 2 aromatic carbocycles. The first-order valence-electron chi connectivity index (χ1n) is 8.43. The number of nitro groups is 1. The molecule has 0 aliphatic carbocycles. The molecular formula is C20H16ClFN2O5. The van der Waals surface area contributed by atoms with Crippen LogP contribution in [-0.4, -0.2) is 17.2 Å². The summed E-state index contributed by atoms with van der Waals surface area (Å²) in [7, 11) is 1.48. The molecule has 1 heterocycles. The van der Waals surface area contributed by atoms with Crippen LogP contribution in [0.5, 0.6) is 11.5 Å². The van der Waals surface area contributed by atoms with Crippen molar-refractivity contribution in [1.82, 2.24) is 5.16 Å². The van der Waals surface area contributed by atoms with Crippen molar-refractivity contribution in [3.63, 3.8) is 0 Å². The van der Waals surface area contributed by atoms with Crippen LogP contribution in [0.25, 0.3) is 12.2 Å². The van der Waals surface area contributed by atoms with Crippen molar-refractivity contribution in [3.8, 4) is 11.5 Å². The Labute approximate surface area is 170 Å². The van der Waals surface area contributed by atoms with Crippen LogP contribution in [0.15, 0.2) is 40.9 Å².